The number of hydrogen-bond donors (Lipinski definition) is 1. The van der Waals surface area contributed by atoms with Crippen LogP contribution in [-0.2, 0) is 0 Å². The van der Waals surface area contributed by atoms with Crippen molar-refractivity contribution in [1.82, 2.24) is 4.98 Å². The van der Waals surface area contributed by atoms with Crippen LogP contribution in [0.15, 0.2) is 52.9 Å². The smallest absolute Gasteiger partial charge is 0.203 e. The number of aromatic nitrogens is 1. The van der Waals surface area contributed by atoms with Gasteiger partial charge in [0.1, 0.15) is 5.75 Å². The Balaban J connectivity index is 1.58. The van der Waals surface area contributed by atoms with Crippen LogP contribution in [0, 0.1) is 19.8 Å². The van der Waals surface area contributed by atoms with Crippen LogP contribution in [0.2, 0.25) is 0 Å². The Kier molecular flexibility index (Phi) is 6.24. The van der Waals surface area contributed by atoms with Crippen molar-refractivity contribution in [3.8, 4) is 17.0 Å². The topological polar surface area (TPSA) is 46.5 Å². The van der Waals surface area contributed by atoms with Gasteiger partial charge in [0.25, 0.3) is 0 Å². The summed E-state index contributed by atoms with van der Waals surface area (Å²) in [6.45, 7) is 9.23. The highest BCUT2D eigenvalue weighted by Crippen LogP contribution is 2.26. The Morgan fingerprint density at radius 2 is 1.89 bits per heavy atom. The van der Waals surface area contributed by atoms with Crippen LogP contribution in [0.5, 0.6) is 5.75 Å². The number of hydrazone groups is 1. The average molecular weight is 380 g/mol. The summed E-state index contributed by atoms with van der Waals surface area (Å²) in [6, 6.07) is 14.3. The first kappa shape index (κ1) is 19.1. The molecule has 2 aromatic carbocycles. The van der Waals surface area contributed by atoms with Gasteiger partial charge >= 0.3 is 0 Å². The lowest BCUT2D eigenvalue weighted by Gasteiger charge is -2.08. The number of ether oxygens (including phenoxy) is 1. The molecule has 27 heavy (non-hydrogen) atoms. The van der Waals surface area contributed by atoms with E-state index in [0.29, 0.717) is 5.92 Å². The van der Waals surface area contributed by atoms with Gasteiger partial charge in [0.05, 0.1) is 18.5 Å². The molecular weight excluding hydrogens is 354 g/mol. The van der Waals surface area contributed by atoms with Crippen molar-refractivity contribution in [3.05, 3.63) is 64.5 Å². The molecule has 140 valence electrons. The molecule has 3 aromatic rings. The third-order valence-corrected chi connectivity index (χ3v) is 4.89. The number of aryl methyl sites for hydroxylation is 2. The number of nitrogens with one attached hydrogen (secondary N) is 1. The molecule has 1 heterocycles. The summed E-state index contributed by atoms with van der Waals surface area (Å²) in [5.74, 6) is 1.40. The highest BCUT2D eigenvalue weighted by Gasteiger charge is 2.05. The van der Waals surface area contributed by atoms with E-state index in [1.165, 1.54) is 11.1 Å². The predicted octanol–water partition coefficient (Wildman–Crippen LogP) is 5.91. The predicted molar refractivity (Wildman–Crippen MR) is 115 cm³/mol. The maximum Gasteiger partial charge on any atom is 0.203 e. The van der Waals surface area contributed by atoms with Gasteiger partial charge in [-0.25, -0.2) is 4.98 Å². The molecule has 0 saturated carbocycles. The SMILES string of the molecule is Cc1ccc(-c2csc(N/N=C\c3ccc(OCC(C)C)cc3)n2)cc1C. The summed E-state index contributed by atoms with van der Waals surface area (Å²) in [4.78, 5) is 4.61. The lowest BCUT2D eigenvalue weighted by atomic mass is 10.1. The van der Waals surface area contributed by atoms with Crippen molar-refractivity contribution in [2.24, 2.45) is 11.0 Å². The second kappa shape index (κ2) is 8.82. The summed E-state index contributed by atoms with van der Waals surface area (Å²) >= 11 is 1.55. The van der Waals surface area contributed by atoms with Crippen LogP contribution in [0.25, 0.3) is 11.3 Å². The van der Waals surface area contributed by atoms with Gasteiger partial charge < -0.3 is 4.74 Å². The van der Waals surface area contributed by atoms with E-state index in [9.17, 15) is 0 Å². The summed E-state index contributed by atoms with van der Waals surface area (Å²) in [5, 5.41) is 7.11. The largest absolute Gasteiger partial charge is 0.493 e. The normalized spacial score (nSPS) is 11.3. The lowest BCUT2D eigenvalue weighted by molar-refractivity contribution is 0.271. The van der Waals surface area contributed by atoms with E-state index in [2.05, 4.69) is 61.4 Å². The number of hydrogen-bond acceptors (Lipinski definition) is 5. The molecule has 5 heteroatoms. The maximum absolute atomic E-state index is 5.69. The van der Waals surface area contributed by atoms with Gasteiger partial charge in [-0.05, 0) is 66.8 Å². The Labute approximate surface area is 164 Å². The highest BCUT2D eigenvalue weighted by molar-refractivity contribution is 7.14. The molecule has 3 rings (SSSR count). The fourth-order valence-electron chi connectivity index (χ4n) is 2.43. The molecule has 0 aliphatic carbocycles. The minimum absolute atomic E-state index is 0.516. The zero-order valence-electron chi connectivity index (χ0n) is 16.2. The van der Waals surface area contributed by atoms with E-state index in [-0.39, 0.29) is 0 Å². The molecule has 0 unspecified atom stereocenters. The molecule has 0 spiro atoms. The van der Waals surface area contributed by atoms with Gasteiger partial charge in [-0.3, -0.25) is 5.43 Å². The first-order chi connectivity index (χ1) is 13.0. The Hall–Kier alpha value is -2.66. The summed E-state index contributed by atoms with van der Waals surface area (Å²) in [7, 11) is 0. The van der Waals surface area contributed by atoms with E-state index in [4.69, 9.17) is 4.74 Å². The highest BCUT2D eigenvalue weighted by atomic mass is 32.1. The van der Waals surface area contributed by atoms with Crippen LogP contribution < -0.4 is 10.2 Å². The van der Waals surface area contributed by atoms with Crippen LogP contribution in [0.4, 0.5) is 5.13 Å². The van der Waals surface area contributed by atoms with Crippen molar-refractivity contribution < 1.29 is 4.74 Å². The monoisotopic (exact) mass is 379 g/mol. The molecule has 0 amide bonds. The number of anilines is 1. The third kappa shape index (κ3) is 5.41. The zero-order chi connectivity index (χ0) is 19.2. The molecule has 0 radical (unpaired) electrons. The average Bonchev–Trinajstić information content (AvgIpc) is 3.12. The molecule has 1 N–H and O–H groups in total. The molecule has 0 atom stereocenters. The summed E-state index contributed by atoms with van der Waals surface area (Å²) < 4.78 is 5.69. The maximum atomic E-state index is 5.69. The van der Waals surface area contributed by atoms with Gasteiger partial charge in [-0.1, -0.05) is 26.0 Å². The first-order valence-corrected chi connectivity index (χ1v) is 9.94. The minimum Gasteiger partial charge on any atom is -0.493 e. The van der Waals surface area contributed by atoms with E-state index < -0.39 is 0 Å². The van der Waals surface area contributed by atoms with Crippen LogP contribution >= 0.6 is 11.3 Å². The van der Waals surface area contributed by atoms with E-state index in [1.54, 1.807) is 17.6 Å². The summed E-state index contributed by atoms with van der Waals surface area (Å²) in [5.41, 5.74) is 8.67. The molecule has 0 bridgehead atoms. The Bertz CT molecular complexity index is 914. The fraction of sp³-hybridized carbons (Fsp3) is 0.273. The molecule has 0 aliphatic heterocycles. The van der Waals surface area contributed by atoms with E-state index >= 15 is 0 Å². The van der Waals surface area contributed by atoms with Gasteiger partial charge in [0, 0.05) is 10.9 Å². The second-order valence-corrected chi connectivity index (χ2v) is 7.84. The number of rotatable bonds is 7. The minimum atomic E-state index is 0.516. The molecule has 0 fully saturated rings. The van der Waals surface area contributed by atoms with Crippen molar-refractivity contribution in [3.63, 3.8) is 0 Å². The quantitative estimate of drug-likeness (QED) is 0.410. The molecule has 1 aromatic heterocycles. The van der Waals surface area contributed by atoms with E-state index in [0.717, 1.165) is 34.3 Å². The van der Waals surface area contributed by atoms with Crippen LogP contribution in [-0.4, -0.2) is 17.8 Å². The second-order valence-electron chi connectivity index (χ2n) is 6.98. The van der Waals surface area contributed by atoms with Gasteiger partial charge in [0.15, 0.2) is 0 Å². The summed E-state index contributed by atoms with van der Waals surface area (Å²) in [6.07, 6.45) is 1.78. The zero-order valence-corrected chi connectivity index (χ0v) is 17.0. The lowest BCUT2D eigenvalue weighted by Crippen LogP contribution is -2.04. The van der Waals surface area contributed by atoms with Crippen molar-refractivity contribution >= 4 is 22.7 Å². The molecule has 4 nitrogen and oxygen atoms in total. The molecule has 0 saturated heterocycles. The third-order valence-electron chi connectivity index (χ3n) is 4.14. The number of thiazole rings is 1. The molecular formula is C22H25N3OS. The van der Waals surface area contributed by atoms with Gasteiger partial charge in [-0.2, -0.15) is 5.10 Å². The first-order valence-electron chi connectivity index (χ1n) is 9.06. The van der Waals surface area contributed by atoms with E-state index in [1.807, 2.05) is 29.6 Å². The Morgan fingerprint density at radius 1 is 1.11 bits per heavy atom. The molecule has 0 aliphatic rings. The van der Waals surface area contributed by atoms with Crippen molar-refractivity contribution in [2.45, 2.75) is 27.7 Å². The Morgan fingerprint density at radius 3 is 2.59 bits per heavy atom. The van der Waals surface area contributed by atoms with Crippen LogP contribution in [0.1, 0.15) is 30.5 Å². The van der Waals surface area contributed by atoms with Gasteiger partial charge in [0.2, 0.25) is 5.13 Å². The van der Waals surface area contributed by atoms with Crippen molar-refractivity contribution in [1.29, 1.82) is 0 Å². The standard InChI is InChI=1S/C22H25N3OS/c1-15(2)13-26-20-9-6-18(7-10-20)12-23-25-22-24-21(14-27-22)19-8-5-16(3)17(4)11-19/h5-12,14-15H,13H2,1-4H3,(H,24,25)/b23-12-. The van der Waals surface area contributed by atoms with Gasteiger partial charge in [-0.15, -0.1) is 11.3 Å². The number of benzene rings is 2. The fourth-order valence-corrected chi connectivity index (χ4v) is 3.10. The van der Waals surface area contributed by atoms with Crippen LogP contribution in [0.3, 0.4) is 0 Å². The number of nitrogens with zero attached hydrogens (tertiary/aromatic N) is 2. The van der Waals surface area contributed by atoms with Crippen molar-refractivity contribution in [2.75, 3.05) is 12.0 Å².